The minimum Gasteiger partial charge on any atom is -0.494 e. The van der Waals surface area contributed by atoms with Crippen molar-refractivity contribution < 1.29 is 19.1 Å². The number of aromatic nitrogens is 2. The third kappa shape index (κ3) is 5.54. The van der Waals surface area contributed by atoms with E-state index in [9.17, 15) is 14.4 Å². The Morgan fingerprint density at radius 2 is 1.97 bits per heavy atom. The molecule has 0 fully saturated rings. The smallest absolute Gasteiger partial charge is 0.265 e. The van der Waals surface area contributed by atoms with Crippen LogP contribution in [0.15, 0.2) is 41.9 Å². The third-order valence-electron chi connectivity index (χ3n) is 4.22. The number of rotatable bonds is 10. The Morgan fingerprint density at radius 3 is 2.63 bits per heavy atom. The second-order valence-corrected chi connectivity index (χ2v) is 7.41. The second-order valence-electron chi connectivity index (χ2n) is 6.55. The van der Waals surface area contributed by atoms with Gasteiger partial charge >= 0.3 is 0 Å². The number of Topliss-reactive ketones (excluding diaryl/α,β-unsaturated/α-hetero) is 1. The first-order valence-corrected chi connectivity index (χ1v) is 10.3. The molecule has 1 aromatic carbocycles. The highest BCUT2D eigenvalue weighted by atomic mass is 32.1. The molecule has 2 amide bonds. The van der Waals surface area contributed by atoms with Crippen LogP contribution >= 0.6 is 11.3 Å². The number of primary amides is 1. The van der Waals surface area contributed by atoms with Gasteiger partial charge in [-0.3, -0.25) is 14.4 Å². The van der Waals surface area contributed by atoms with Crippen LogP contribution in [0.5, 0.6) is 5.75 Å². The van der Waals surface area contributed by atoms with Crippen molar-refractivity contribution in [1.29, 1.82) is 0 Å². The fourth-order valence-electron chi connectivity index (χ4n) is 2.66. The number of carbonyl (C=O) groups excluding carboxylic acids is 3. The molecule has 3 aromatic rings. The van der Waals surface area contributed by atoms with E-state index >= 15 is 0 Å². The minimum atomic E-state index is -0.558. The zero-order chi connectivity index (χ0) is 21.5. The van der Waals surface area contributed by atoms with Gasteiger partial charge in [0.2, 0.25) is 5.91 Å². The van der Waals surface area contributed by atoms with E-state index in [-0.39, 0.29) is 30.2 Å². The Balaban J connectivity index is 1.50. The van der Waals surface area contributed by atoms with Gasteiger partial charge in [-0.25, -0.2) is 4.98 Å². The van der Waals surface area contributed by atoms with Crippen molar-refractivity contribution in [3.8, 4) is 17.0 Å². The number of ketones is 1. The molecule has 30 heavy (non-hydrogen) atoms. The van der Waals surface area contributed by atoms with Gasteiger partial charge < -0.3 is 20.8 Å². The standard InChI is InChI=1S/C21H22N4O4S/c1-2-9-29-15-5-3-13(4-6-15)18(26)7-8-19(27)25-21-24-17(12-30-21)14-10-16(20(22)28)23-11-14/h3-6,10-12,23H,2,7-9H2,1H3,(H2,22,28)(H,24,25,27). The summed E-state index contributed by atoms with van der Waals surface area (Å²) in [5.41, 5.74) is 7.36. The van der Waals surface area contributed by atoms with Crippen LogP contribution in [-0.2, 0) is 4.79 Å². The van der Waals surface area contributed by atoms with E-state index in [1.807, 2.05) is 6.92 Å². The summed E-state index contributed by atoms with van der Waals surface area (Å²) in [7, 11) is 0. The predicted molar refractivity (Wildman–Crippen MR) is 115 cm³/mol. The molecular formula is C21H22N4O4S. The average Bonchev–Trinajstić information content (AvgIpc) is 3.40. The number of nitrogens with two attached hydrogens (primary N) is 1. The lowest BCUT2D eigenvalue weighted by Gasteiger charge is -2.06. The van der Waals surface area contributed by atoms with Crippen molar-refractivity contribution in [1.82, 2.24) is 9.97 Å². The van der Waals surface area contributed by atoms with Gasteiger partial charge in [-0.15, -0.1) is 11.3 Å². The van der Waals surface area contributed by atoms with E-state index in [0.29, 0.717) is 28.6 Å². The zero-order valence-corrected chi connectivity index (χ0v) is 17.3. The molecule has 0 aliphatic carbocycles. The number of amides is 2. The molecule has 2 aromatic heterocycles. The highest BCUT2D eigenvalue weighted by molar-refractivity contribution is 7.14. The van der Waals surface area contributed by atoms with Gasteiger partial charge in [0, 0.05) is 35.5 Å². The molecule has 0 aliphatic heterocycles. The van der Waals surface area contributed by atoms with Crippen molar-refractivity contribution in [3.05, 3.63) is 53.2 Å². The van der Waals surface area contributed by atoms with E-state index in [1.54, 1.807) is 41.9 Å². The van der Waals surface area contributed by atoms with Gasteiger partial charge in [-0.05, 0) is 36.8 Å². The summed E-state index contributed by atoms with van der Waals surface area (Å²) in [6, 6.07) is 8.51. The lowest BCUT2D eigenvalue weighted by molar-refractivity contribution is -0.116. The van der Waals surface area contributed by atoms with Gasteiger partial charge in [0.15, 0.2) is 10.9 Å². The number of anilines is 1. The Hall–Kier alpha value is -3.46. The fourth-order valence-corrected chi connectivity index (χ4v) is 3.39. The quantitative estimate of drug-likeness (QED) is 0.427. The monoisotopic (exact) mass is 426 g/mol. The largest absolute Gasteiger partial charge is 0.494 e. The highest BCUT2D eigenvalue weighted by Gasteiger charge is 2.13. The van der Waals surface area contributed by atoms with Crippen molar-refractivity contribution in [2.75, 3.05) is 11.9 Å². The van der Waals surface area contributed by atoms with Crippen LogP contribution in [0.1, 0.15) is 47.0 Å². The Morgan fingerprint density at radius 1 is 1.20 bits per heavy atom. The van der Waals surface area contributed by atoms with Crippen LogP contribution in [0.25, 0.3) is 11.3 Å². The number of benzene rings is 1. The lowest BCUT2D eigenvalue weighted by atomic mass is 10.1. The van der Waals surface area contributed by atoms with Gasteiger partial charge in [0.1, 0.15) is 11.4 Å². The molecule has 4 N–H and O–H groups in total. The molecule has 0 radical (unpaired) electrons. The van der Waals surface area contributed by atoms with E-state index in [2.05, 4.69) is 15.3 Å². The topological polar surface area (TPSA) is 127 Å². The summed E-state index contributed by atoms with van der Waals surface area (Å²) in [6.45, 7) is 2.65. The first kappa shape index (κ1) is 21.3. The molecule has 8 nitrogen and oxygen atoms in total. The summed E-state index contributed by atoms with van der Waals surface area (Å²) in [6.07, 6.45) is 2.69. The molecule has 9 heteroatoms. The van der Waals surface area contributed by atoms with Crippen molar-refractivity contribution in [3.63, 3.8) is 0 Å². The Kier molecular flexibility index (Phi) is 6.97. The number of hydrogen-bond acceptors (Lipinski definition) is 6. The summed E-state index contributed by atoms with van der Waals surface area (Å²) in [5, 5.41) is 4.87. The molecule has 3 rings (SSSR count). The normalized spacial score (nSPS) is 10.6. The van der Waals surface area contributed by atoms with E-state index in [1.165, 1.54) is 11.3 Å². The molecule has 0 aliphatic rings. The van der Waals surface area contributed by atoms with Crippen LogP contribution in [0.2, 0.25) is 0 Å². The number of thiazole rings is 1. The molecule has 0 atom stereocenters. The van der Waals surface area contributed by atoms with Gasteiger partial charge in [-0.2, -0.15) is 0 Å². The predicted octanol–water partition coefficient (Wildman–Crippen LogP) is 3.63. The molecule has 0 saturated carbocycles. The number of H-pyrrole nitrogens is 1. The molecule has 0 unspecified atom stereocenters. The maximum atomic E-state index is 12.3. The van der Waals surface area contributed by atoms with Gasteiger partial charge in [-0.1, -0.05) is 6.92 Å². The third-order valence-corrected chi connectivity index (χ3v) is 4.98. The van der Waals surface area contributed by atoms with Crippen molar-refractivity contribution in [2.45, 2.75) is 26.2 Å². The van der Waals surface area contributed by atoms with Crippen molar-refractivity contribution in [2.24, 2.45) is 5.73 Å². The number of ether oxygens (including phenoxy) is 1. The van der Waals surface area contributed by atoms with Gasteiger partial charge in [0.25, 0.3) is 5.91 Å². The first-order valence-electron chi connectivity index (χ1n) is 9.46. The zero-order valence-electron chi connectivity index (χ0n) is 16.4. The number of aromatic amines is 1. The molecule has 0 spiro atoms. The SMILES string of the molecule is CCCOc1ccc(C(=O)CCC(=O)Nc2nc(-c3c[nH]c(C(N)=O)c3)cs2)cc1. The summed E-state index contributed by atoms with van der Waals surface area (Å²) in [4.78, 5) is 42.7. The van der Waals surface area contributed by atoms with Crippen molar-refractivity contribution >= 4 is 34.1 Å². The van der Waals surface area contributed by atoms with Crippen LogP contribution in [0, 0.1) is 0 Å². The number of hydrogen-bond donors (Lipinski definition) is 3. The first-order chi connectivity index (χ1) is 14.5. The number of carbonyl (C=O) groups is 3. The molecule has 156 valence electrons. The fraction of sp³-hybridized carbons (Fsp3) is 0.238. The van der Waals surface area contributed by atoms with E-state index in [0.717, 1.165) is 12.2 Å². The molecule has 0 bridgehead atoms. The Bertz CT molecular complexity index is 1040. The molecule has 0 saturated heterocycles. The second kappa shape index (κ2) is 9.84. The van der Waals surface area contributed by atoms with E-state index in [4.69, 9.17) is 10.5 Å². The maximum absolute atomic E-state index is 12.3. The maximum Gasteiger partial charge on any atom is 0.265 e. The summed E-state index contributed by atoms with van der Waals surface area (Å²) < 4.78 is 5.50. The van der Waals surface area contributed by atoms with E-state index < -0.39 is 5.91 Å². The highest BCUT2D eigenvalue weighted by Crippen LogP contribution is 2.25. The minimum absolute atomic E-state index is 0.0534. The molecule has 2 heterocycles. The van der Waals surface area contributed by atoms with Crippen LogP contribution in [0.4, 0.5) is 5.13 Å². The van der Waals surface area contributed by atoms with Crippen LogP contribution < -0.4 is 15.8 Å². The Labute approximate surface area is 177 Å². The summed E-state index contributed by atoms with van der Waals surface area (Å²) >= 11 is 1.26. The molecular weight excluding hydrogens is 404 g/mol. The van der Waals surface area contributed by atoms with Crippen LogP contribution in [0.3, 0.4) is 0 Å². The average molecular weight is 426 g/mol. The summed E-state index contributed by atoms with van der Waals surface area (Å²) in [5.74, 6) is -0.244. The number of nitrogens with one attached hydrogen (secondary N) is 2. The lowest BCUT2D eigenvalue weighted by Crippen LogP contribution is -2.13. The van der Waals surface area contributed by atoms with Gasteiger partial charge in [0.05, 0.1) is 12.3 Å². The number of nitrogens with zero attached hydrogens (tertiary/aromatic N) is 1. The van der Waals surface area contributed by atoms with Crippen LogP contribution in [-0.4, -0.2) is 34.2 Å².